The van der Waals surface area contributed by atoms with Gasteiger partial charge in [-0.3, -0.25) is 4.90 Å². The van der Waals surface area contributed by atoms with Crippen LogP contribution in [0.25, 0.3) is 0 Å². The second-order valence-electron chi connectivity index (χ2n) is 6.05. The lowest BCUT2D eigenvalue weighted by atomic mass is 10.0. The Kier molecular flexibility index (Phi) is 6.07. The van der Waals surface area contributed by atoms with Crippen LogP contribution >= 0.6 is 0 Å². The van der Waals surface area contributed by atoms with Crippen molar-refractivity contribution in [3.05, 3.63) is 23.7 Å². The van der Waals surface area contributed by atoms with Gasteiger partial charge in [-0.25, -0.2) is 0 Å². The van der Waals surface area contributed by atoms with Crippen LogP contribution in [0.3, 0.4) is 0 Å². The molecule has 1 N–H and O–H groups in total. The average molecular weight is 279 g/mol. The number of nitrogens with one attached hydrogen (secondary N) is 1. The Hall–Kier alpha value is -0.840. The van der Waals surface area contributed by atoms with E-state index >= 15 is 0 Å². The molecule has 0 saturated carbocycles. The van der Waals surface area contributed by atoms with Gasteiger partial charge in [-0.05, 0) is 59.1 Å². The lowest BCUT2D eigenvalue weighted by Gasteiger charge is -2.34. The monoisotopic (exact) mass is 279 g/mol. The summed E-state index contributed by atoms with van der Waals surface area (Å²) in [4.78, 5) is 4.85. The molecule has 1 aromatic heterocycles. The van der Waals surface area contributed by atoms with Crippen LogP contribution in [-0.4, -0.2) is 49.6 Å². The molecule has 1 saturated heterocycles. The summed E-state index contributed by atoms with van der Waals surface area (Å²) in [7, 11) is 4.42. The fourth-order valence-electron chi connectivity index (χ4n) is 2.82. The van der Waals surface area contributed by atoms with E-state index in [2.05, 4.69) is 42.2 Å². The highest BCUT2D eigenvalue weighted by Crippen LogP contribution is 2.17. The van der Waals surface area contributed by atoms with Crippen LogP contribution < -0.4 is 5.32 Å². The van der Waals surface area contributed by atoms with Crippen LogP contribution in [0, 0.1) is 0 Å². The molecule has 1 fully saturated rings. The molecule has 0 aliphatic carbocycles. The molecule has 2 rings (SSSR count). The minimum absolute atomic E-state index is 0.693. The summed E-state index contributed by atoms with van der Waals surface area (Å²) < 4.78 is 5.69. The Labute approximate surface area is 123 Å². The molecule has 1 aliphatic heterocycles. The fraction of sp³-hybridized carbons (Fsp3) is 0.750. The van der Waals surface area contributed by atoms with Crippen LogP contribution in [0.4, 0.5) is 0 Å². The third kappa shape index (κ3) is 4.62. The molecule has 0 bridgehead atoms. The van der Waals surface area contributed by atoms with E-state index in [9.17, 15) is 0 Å². The summed E-state index contributed by atoms with van der Waals surface area (Å²) in [6.07, 6.45) is 5.58. The van der Waals surface area contributed by atoms with Gasteiger partial charge in [0.2, 0.25) is 0 Å². The highest BCUT2D eigenvalue weighted by atomic mass is 16.3. The molecule has 4 nitrogen and oxygen atoms in total. The van der Waals surface area contributed by atoms with Gasteiger partial charge < -0.3 is 14.6 Å². The van der Waals surface area contributed by atoms with Crippen LogP contribution in [0.1, 0.15) is 37.5 Å². The lowest BCUT2D eigenvalue weighted by molar-refractivity contribution is 0.132. The van der Waals surface area contributed by atoms with Crippen molar-refractivity contribution in [2.24, 2.45) is 0 Å². The summed E-state index contributed by atoms with van der Waals surface area (Å²) in [6.45, 7) is 7.50. The molecular formula is C16H29N3O. The number of furan rings is 1. The number of piperidine rings is 1. The zero-order valence-corrected chi connectivity index (χ0v) is 13.2. The predicted molar refractivity (Wildman–Crippen MR) is 82.7 cm³/mol. The van der Waals surface area contributed by atoms with Gasteiger partial charge in [-0.15, -0.1) is 0 Å². The Morgan fingerprint density at radius 1 is 1.40 bits per heavy atom. The minimum atomic E-state index is 0.693. The van der Waals surface area contributed by atoms with E-state index in [-0.39, 0.29) is 0 Å². The summed E-state index contributed by atoms with van der Waals surface area (Å²) in [6, 6.07) is 2.88. The van der Waals surface area contributed by atoms with Crippen molar-refractivity contribution in [3.8, 4) is 0 Å². The first-order valence-corrected chi connectivity index (χ1v) is 7.84. The highest BCUT2D eigenvalue weighted by Gasteiger charge is 2.21. The second kappa shape index (κ2) is 7.81. The van der Waals surface area contributed by atoms with Crippen LogP contribution in [-0.2, 0) is 13.1 Å². The maximum Gasteiger partial charge on any atom is 0.118 e. The zero-order valence-electron chi connectivity index (χ0n) is 13.2. The Balaban J connectivity index is 1.77. The number of likely N-dealkylation sites (tertiary alicyclic amines) is 1. The Bertz CT molecular complexity index is 383. The van der Waals surface area contributed by atoms with Gasteiger partial charge in [0.25, 0.3) is 0 Å². The molecule has 20 heavy (non-hydrogen) atoms. The molecule has 1 aliphatic rings. The molecule has 0 unspecified atom stereocenters. The standard InChI is InChI=1S/C16H29N3O/c1-4-7-17-11-14-10-16(20-13-14)12-19(3)15-5-8-18(2)9-6-15/h10,13,15,17H,4-9,11-12H2,1-3H3. The van der Waals surface area contributed by atoms with E-state index < -0.39 is 0 Å². The van der Waals surface area contributed by atoms with Crippen molar-refractivity contribution in [2.45, 2.75) is 45.3 Å². The molecule has 114 valence electrons. The van der Waals surface area contributed by atoms with Gasteiger partial charge in [-0.1, -0.05) is 6.92 Å². The van der Waals surface area contributed by atoms with Crippen LogP contribution in [0.15, 0.2) is 16.7 Å². The molecule has 2 heterocycles. The maximum atomic E-state index is 5.69. The van der Waals surface area contributed by atoms with Crippen LogP contribution in [0.2, 0.25) is 0 Å². The van der Waals surface area contributed by atoms with Gasteiger partial charge >= 0.3 is 0 Å². The lowest BCUT2D eigenvalue weighted by Crippen LogP contribution is -2.41. The van der Waals surface area contributed by atoms with Crippen molar-refractivity contribution < 1.29 is 4.42 Å². The second-order valence-corrected chi connectivity index (χ2v) is 6.05. The molecule has 0 amide bonds. The minimum Gasteiger partial charge on any atom is -0.468 e. The molecule has 0 atom stereocenters. The average Bonchev–Trinajstić information content (AvgIpc) is 2.87. The normalized spacial score (nSPS) is 18.0. The van der Waals surface area contributed by atoms with E-state index in [1.807, 2.05) is 6.26 Å². The van der Waals surface area contributed by atoms with E-state index in [4.69, 9.17) is 4.42 Å². The molecule has 0 aromatic carbocycles. The molecule has 0 radical (unpaired) electrons. The van der Waals surface area contributed by atoms with E-state index in [1.54, 1.807) is 0 Å². The summed E-state index contributed by atoms with van der Waals surface area (Å²) in [5.74, 6) is 1.08. The first-order chi connectivity index (χ1) is 9.69. The largest absolute Gasteiger partial charge is 0.468 e. The number of rotatable bonds is 7. The number of hydrogen-bond donors (Lipinski definition) is 1. The van der Waals surface area contributed by atoms with E-state index in [0.29, 0.717) is 6.04 Å². The van der Waals surface area contributed by atoms with Gasteiger partial charge in [-0.2, -0.15) is 0 Å². The number of nitrogens with zero attached hydrogens (tertiary/aromatic N) is 2. The zero-order chi connectivity index (χ0) is 14.4. The van der Waals surface area contributed by atoms with Gasteiger partial charge in [0.15, 0.2) is 0 Å². The SMILES string of the molecule is CCCNCc1coc(CN(C)C2CCN(C)CC2)c1. The van der Waals surface area contributed by atoms with Gasteiger partial charge in [0.05, 0.1) is 12.8 Å². The molecule has 4 heteroatoms. The quantitative estimate of drug-likeness (QED) is 0.776. The topological polar surface area (TPSA) is 31.7 Å². The van der Waals surface area contributed by atoms with Gasteiger partial charge in [0, 0.05) is 18.2 Å². The van der Waals surface area contributed by atoms with E-state index in [1.165, 1.54) is 37.9 Å². The van der Waals surface area contributed by atoms with Crippen molar-refractivity contribution >= 4 is 0 Å². The molecule has 1 aromatic rings. The highest BCUT2D eigenvalue weighted by molar-refractivity contribution is 5.12. The third-order valence-electron chi connectivity index (χ3n) is 4.18. The van der Waals surface area contributed by atoms with Crippen molar-refractivity contribution in [1.29, 1.82) is 0 Å². The fourth-order valence-corrected chi connectivity index (χ4v) is 2.82. The first-order valence-electron chi connectivity index (χ1n) is 7.84. The third-order valence-corrected chi connectivity index (χ3v) is 4.18. The van der Waals surface area contributed by atoms with E-state index in [0.717, 1.165) is 25.4 Å². The van der Waals surface area contributed by atoms with Gasteiger partial charge in [0.1, 0.15) is 5.76 Å². The van der Waals surface area contributed by atoms with Crippen molar-refractivity contribution in [2.75, 3.05) is 33.7 Å². The maximum absolute atomic E-state index is 5.69. The van der Waals surface area contributed by atoms with Crippen molar-refractivity contribution in [1.82, 2.24) is 15.1 Å². The molecule has 0 spiro atoms. The molecular weight excluding hydrogens is 250 g/mol. The van der Waals surface area contributed by atoms with Crippen molar-refractivity contribution in [3.63, 3.8) is 0 Å². The smallest absolute Gasteiger partial charge is 0.118 e. The number of hydrogen-bond acceptors (Lipinski definition) is 4. The van der Waals surface area contributed by atoms with Crippen LogP contribution in [0.5, 0.6) is 0 Å². The summed E-state index contributed by atoms with van der Waals surface area (Å²) in [5.41, 5.74) is 1.25. The first kappa shape index (κ1) is 15.5. The Morgan fingerprint density at radius 3 is 2.85 bits per heavy atom. The summed E-state index contributed by atoms with van der Waals surface area (Å²) in [5, 5.41) is 3.41. The summed E-state index contributed by atoms with van der Waals surface area (Å²) >= 11 is 0. The Morgan fingerprint density at radius 2 is 2.15 bits per heavy atom. The predicted octanol–water partition coefficient (Wildman–Crippen LogP) is 2.31.